The van der Waals surface area contributed by atoms with Gasteiger partial charge in [0.2, 0.25) is 0 Å². The van der Waals surface area contributed by atoms with Crippen LogP contribution in [0.4, 0.5) is 0 Å². The lowest BCUT2D eigenvalue weighted by Gasteiger charge is -2.37. The molecule has 156 valence electrons. The molecule has 2 atom stereocenters. The highest BCUT2D eigenvalue weighted by atomic mass is 35.5. The van der Waals surface area contributed by atoms with E-state index in [0.29, 0.717) is 0 Å². The van der Waals surface area contributed by atoms with Crippen molar-refractivity contribution in [1.29, 1.82) is 0 Å². The SMILES string of the molecule is C=C[C@H](c1cccc(Cl)c1)[C@H](NS(C)(C)C=Cc1ccccc1)c1ccc(Cl)cc1. The average molecular weight is 456 g/mol. The minimum atomic E-state index is -1.25. The van der Waals surface area contributed by atoms with Crippen LogP contribution in [0.5, 0.6) is 0 Å². The Balaban J connectivity index is 1.95. The van der Waals surface area contributed by atoms with E-state index in [1.165, 1.54) is 5.56 Å². The molecule has 0 bridgehead atoms. The third-order valence-corrected chi connectivity index (χ3v) is 7.07. The van der Waals surface area contributed by atoms with Gasteiger partial charge in [0.25, 0.3) is 0 Å². The molecular weight excluding hydrogens is 429 g/mol. The fourth-order valence-corrected chi connectivity index (χ4v) is 5.21. The van der Waals surface area contributed by atoms with Crippen LogP contribution in [0, 0.1) is 0 Å². The molecule has 0 saturated carbocycles. The predicted octanol–water partition coefficient (Wildman–Crippen LogP) is 8.24. The van der Waals surface area contributed by atoms with E-state index in [9.17, 15) is 0 Å². The first-order valence-corrected chi connectivity index (χ1v) is 13.0. The van der Waals surface area contributed by atoms with Gasteiger partial charge in [-0.3, -0.25) is 4.72 Å². The minimum absolute atomic E-state index is 0.0312. The molecule has 0 spiro atoms. The molecule has 0 aliphatic rings. The van der Waals surface area contributed by atoms with E-state index >= 15 is 0 Å². The van der Waals surface area contributed by atoms with Crippen LogP contribution in [0.3, 0.4) is 0 Å². The Labute approximate surface area is 191 Å². The van der Waals surface area contributed by atoms with Crippen molar-refractivity contribution in [3.05, 3.63) is 124 Å². The molecule has 0 radical (unpaired) electrons. The Morgan fingerprint density at radius 3 is 2.17 bits per heavy atom. The van der Waals surface area contributed by atoms with Gasteiger partial charge in [-0.2, -0.15) is 10.2 Å². The van der Waals surface area contributed by atoms with Gasteiger partial charge in [0.1, 0.15) is 0 Å². The zero-order valence-electron chi connectivity index (χ0n) is 17.3. The normalized spacial score (nSPS) is 14.4. The molecule has 4 heteroatoms. The van der Waals surface area contributed by atoms with E-state index in [1.807, 2.05) is 42.5 Å². The molecule has 3 aromatic rings. The maximum atomic E-state index is 6.29. The summed E-state index contributed by atoms with van der Waals surface area (Å²) in [4.78, 5) is 0. The summed E-state index contributed by atoms with van der Waals surface area (Å²) in [6.45, 7) is 4.14. The molecule has 3 aromatic carbocycles. The summed E-state index contributed by atoms with van der Waals surface area (Å²) in [5, 5.41) is 3.74. The monoisotopic (exact) mass is 455 g/mol. The van der Waals surface area contributed by atoms with Gasteiger partial charge >= 0.3 is 0 Å². The van der Waals surface area contributed by atoms with Crippen LogP contribution in [0.15, 0.2) is 96.9 Å². The van der Waals surface area contributed by atoms with Crippen LogP contribution in [-0.2, 0) is 0 Å². The largest absolute Gasteiger partial charge is 0.269 e. The number of nitrogens with one attached hydrogen (secondary N) is 1. The molecule has 0 fully saturated rings. The number of hydrogen-bond donors (Lipinski definition) is 1. The second-order valence-corrected chi connectivity index (χ2v) is 11.8. The lowest BCUT2D eigenvalue weighted by atomic mass is 9.88. The Morgan fingerprint density at radius 2 is 1.53 bits per heavy atom. The molecule has 0 heterocycles. The van der Waals surface area contributed by atoms with Crippen molar-refractivity contribution in [2.45, 2.75) is 12.0 Å². The maximum Gasteiger partial charge on any atom is 0.0512 e. The molecule has 0 aromatic heterocycles. The van der Waals surface area contributed by atoms with Crippen LogP contribution in [0.2, 0.25) is 10.0 Å². The zero-order valence-corrected chi connectivity index (χ0v) is 19.6. The summed E-state index contributed by atoms with van der Waals surface area (Å²) < 4.78 is 3.91. The zero-order chi connectivity index (χ0) is 21.6. The summed E-state index contributed by atoms with van der Waals surface area (Å²) in [5.41, 5.74) is 3.49. The van der Waals surface area contributed by atoms with Gasteiger partial charge in [-0.15, -0.1) is 6.58 Å². The third kappa shape index (κ3) is 6.26. The predicted molar refractivity (Wildman–Crippen MR) is 137 cm³/mol. The Bertz CT molecular complexity index is 997. The van der Waals surface area contributed by atoms with Crippen LogP contribution in [-0.4, -0.2) is 12.5 Å². The Kier molecular flexibility index (Phi) is 7.85. The quantitative estimate of drug-likeness (QED) is 0.337. The molecule has 0 aliphatic carbocycles. The van der Waals surface area contributed by atoms with Crippen LogP contribution >= 0.6 is 33.4 Å². The van der Waals surface area contributed by atoms with Crippen LogP contribution in [0.1, 0.15) is 28.7 Å². The van der Waals surface area contributed by atoms with Gasteiger partial charge < -0.3 is 0 Å². The van der Waals surface area contributed by atoms with Crippen molar-refractivity contribution >= 4 is 39.5 Å². The molecule has 1 N–H and O–H groups in total. The Morgan fingerprint density at radius 1 is 0.833 bits per heavy atom. The van der Waals surface area contributed by atoms with Gasteiger partial charge in [0.15, 0.2) is 0 Å². The summed E-state index contributed by atoms with van der Waals surface area (Å²) in [6.07, 6.45) is 8.69. The molecule has 0 aliphatic heterocycles. The van der Waals surface area contributed by atoms with E-state index in [-0.39, 0.29) is 12.0 Å². The highest BCUT2D eigenvalue weighted by Gasteiger charge is 2.26. The summed E-state index contributed by atoms with van der Waals surface area (Å²) in [5.74, 6) is 0.0572. The van der Waals surface area contributed by atoms with Crippen molar-refractivity contribution in [3.8, 4) is 0 Å². The lowest BCUT2D eigenvalue weighted by Crippen LogP contribution is -2.28. The summed E-state index contributed by atoms with van der Waals surface area (Å²) >= 11 is 12.4. The Hall–Kier alpha value is -1.97. The van der Waals surface area contributed by atoms with Crippen LogP contribution in [0.25, 0.3) is 6.08 Å². The second kappa shape index (κ2) is 10.4. The smallest absolute Gasteiger partial charge is 0.0512 e. The first-order chi connectivity index (χ1) is 14.4. The number of rotatable bonds is 8. The molecule has 0 unspecified atom stereocenters. The number of halogens is 2. The van der Waals surface area contributed by atoms with Gasteiger partial charge in [0, 0.05) is 16.0 Å². The first-order valence-electron chi connectivity index (χ1n) is 9.75. The number of benzene rings is 3. The van der Waals surface area contributed by atoms with Crippen molar-refractivity contribution in [3.63, 3.8) is 0 Å². The standard InChI is InChI=1S/C26H27Cl2NS/c1-4-25(22-11-8-12-24(28)19-22)26(21-13-15-23(27)16-14-21)29-30(2,3)18-17-20-9-6-5-7-10-20/h4-19,25-26,29H,1H2,2-3H3/t25-,26-/m1/s1. The van der Waals surface area contributed by atoms with Gasteiger partial charge in [-0.1, -0.05) is 83.9 Å². The highest BCUT2D eigenvalue weighted by molar-refractivity contribution is 8.33. The summed E-state index contributed by atoms with van der Waals surface area (Å²) in [6, 6.07) is 26.4. The van der Waals surface area contributed by atoms with E-state index in [0.717, 1.165) is 21.2 Å². The van der Waals surface area contributed by atoms with Crippen molar-refractivity contribution < 1.29 is 0 Å². The maximum absolute atomic E-state index is 6.29. The van der Waals surface area contributed by atoms with Crippen molar-refractivity contribution in [2.24, 2.45) is 0 Å². The molecule has 3 rings (SSSR count). The minimum Gasteiger partial charge on any atom is -0.269 e. The van der Waals surface area contributed by atoms with Gasteiger partial charge in [-0.25, -0.2) is 0 Å². The van der Waals surface area contributed by atoms with Crippen molar-refractivity contribution in [1.82, 2.24) is 4.72 Å². The third-order valence-electron chi connectivity index (χ3n) is 4.91. The van der Waals surface area contributed by atoms with Crippen molar-refractivity contribution in [2.75, 3.05) is 12.5 Å². The first kappa shape index (κ1) is 22.7. The topological polar surface area (TPSA) is 12.0 Å². The fourth-order valence-electron chi connectivity index (χ4n) is 3.38. The fraction of sp³-hybridized carbons (Fsp3) is 0.154. The lowest BCUT2D eigenvalue weighted by molar-refractivity contribution is 0.604. The molecule has 0 saturated heterocycles. The molecular formula is C26H27Cl2NS. The van der Waals surface area contributed by atoms with E-state index in [4.69, 9.17) is 23.2 Å². The van der Waals surface area contributed by atoms with Crippen LogP contribution < -0.4 is 4.72 Å². The average Bonchev–Trinajstić information content (AvgIpc) is 2.74. The molecule has 0 amide bonds. The molecule has 30 heavy (non-hydrogen) atoms. The number of hydrogen-bond acceptors (Lipinski definition) is 1. The van der Waals surface area contributed by atoms with Gasteiger partial charge in [-0.05, 0) is 65.0 Å². The van der Waals surface area contributed by atoms with E-state index in [1.54, 1.807) is 0 Å². The highest BCUT2D eigenvalue weighted by Crippen LogP contribution is 2.45. The summed E-state index contributed by atoms with van der Waals surface area (Å²) in [7, 11) is -1.25. The second-order valence-electron chi connectivity index (χ2n) is 7.58. The van der Waals surface area contributed by atoms with Gasteiger partial charge in [0.05, 0.1) is 6.04 Å². The van der Waals surface area contributed by atoms with E-state index in [2.05, 4.69) is 77.8 Å². The molecule has 1 nitrogen and oxygen atoms in total. The van der Waals surface area contributed by atoms with E-state index < -0.39 is 10.2 Å².